The highest BCUT2D eigenvalue weighted by molar-refractivity contribution is 7.16. The van der Waals surface area contributed by atoms with Crippen molar-refractivity contribution in [1.29, 1.82) is 0 Å². The highest BCUT2D eigenvalue weighted by atomic mass is 35.5. The van der Waals surface area contributed by atoms with Gasteiger partial charge < -0.3 is 5.11 Å². The summed E-state index contributed by atoms with van der Waals surface area (Å²) in [5.74, 6) is 0. The molecule has 0 radical (unpaired) electrons. The van der Waals surface area contributed by atoms with Gasteiger partial charge >= 0.3 is 0 Å². The first-order valence-electron chi connectivity index (χ1n) is 5.77. The molecule has 1 N–H and O–H groups in total. The second-order valence-electron chi connectivity index (χ2n) is 4.10. The van der Waals surface area contributed by atoms with Gasteiger partial charge in [0.1, 0.15) is 6.10 Å². The van der Waals surface area contributed by atoms with Gasteiger partial charge in [0.15, 0.2) is 0 Å². The van der Waals surface area contributed by atoms with Crippen LogP contribution in [0.15, 0.2) is 54.9 Å². The third-order valence-corrected chi connectivity index (χ3v) is 4.09. The molecule has 0 aliphatic carbocycles. The number of hydrogen-bond acceptors (Lipinski definition) is 3. The second kappa shape index (κ2) is 5.17. The number of hydrogen-bond donors (Lipinski definition) is 1. The number of nitrogens with zero attached hydrogens (tertiary/aromatic N) is 2. The summed E-state index contributed by atoms with van der Waals surface area (Å²) in [5.41, 5.74) is 1.72. The van der Waals surface area contributed by atoms with Crippen LogP contribution >= 0.6 is 22.9 Å². The number of halogens is 1. The van der Waals surface area contributed by atoms with Gasteiger partial charge in [-0.05, 0) is 24.3 Å². The predicted octanol–water partition coefficient (Wildman–Crippen LogP) is 3.67. The maximum atomic E-state index is 10.3. The number of aliphatic hydroxyl groups is 1. The van der Waals surface area contributed by atoms with Gasteiger partial charge in [0, 0.05) is 16.6 Å². The molecular formula is C14H11ClN2OS. The van der Waals surface area contributed by atoms with E-state index in [-0.39, 0.29) is 0 Å². The summed E-state index contributed by atoms with van der Waals surface area (Å²) in [6.45, 7) is 0. The summed E-state index contributed by atoms with van der Waals surface area (Å²) < 4.78 is 2.41. The van der Waals surface area contributed by atoms with E-state index in [1.807, 2.05) is 42.6 Å². The molecule has 2 heterocycles. The van der Waals surface area contributed by atoms with Crippen LogP contribution in [0, 0.1) is 0 Å². The Kier molecular flexibility index (Phi) is 3.38. The summed E-state index contributed by atoms with van der Waals surface area (Å²) in [5, 5.41) is 14.5. The largest absolute Gasteiger partial charge is 0.383 e. The van der Waals surface area contributed by atoms with E-state index in [4.69, 9.17) is 11.6 Å². The lowest BCUT2D eigenvalue weighted by Gasteiger charge is -2.04. The first-order valence-corrected chi connectivity index (χ1v) is 6.97. The Bertz CT molecular complexity index is 678. The minimum Gasteiger partial charge on any atom is -0.383 e. The Labute approximate surface area is 119 Å². The molecule has 0 saturated carbocycles. The van der Waals surface area contributed by atoms with Crippen molar-refractivity contribution in [2.75, 3.05) is 0 Å². The molecule has 0 aliphatic heterocycles. The fourth-order valence-electron chi connectivity index (χ4n) is 1.84. The molecule has 1 unspecified atom stereocenters. The molecule has 5 heteroatoms. The Morgan fingerprint density at radius 1 is 1.16 bits per heavy atom. The van der Waals surface area contributed by atoms with Crippen LogP contribution in [0.4, 0.5) is 0 Å². The van der Waals surface area contributed by atoms with Crippen molar-refractivity contribution < 1.29 is 5.11 Å². The highest BCUT2D eigenvalue weighted by Crippen LogP contribution is 2.30. The van der Waals surface area contributed by atoms with Crippen molar-refractivity contribution in [2.45, 2.75) is 6.10 Å². The first kappa shape index (κ1) is 12.4. The molecule has 2 aromatic heterocycles. The van der Waals surface area contributed by atoms with Gasteiger partial charge in [0.25, 0.3) is 0 Å². The number of aliphatic hydroxyl groups excluding tert-OH is 1. The van der Waals surface area contributed by atoms with Crippen LogP contribution in [0.25, 0.3) is 5.69 Å². The van der Waals surface area contributed by atoms with Gasteiger partial charge in [-0.15, -0.1) is 11.3 Å². The molecule has 19 heavy (non-hydrogen) atoms. The average Bonchev–Trinajstić information content (AvgIpc) is 3.08. The molecule has 0 amide bonds. The fourth-order valence-corrected chi connectivity index (χ4v) is 2.91. The molecule has 0 aliphatic rings. The maximum Gasteiger partial charge on any atom is 0.116 e. The smallest absolute Gasteiger partial charge is 0.116 e. The second-order valence-corrected chi connectivity index (χ2v) is 5.84. The van der Waals surface area contributed by atoms with Crippen molar-refractivity contribution >= 4 is 22.9 Å². The standard InChI is InChI=1S/C14H11ClN2OS/c15-13-7-6-12(19-13)14(18)10-8-16-17(9-10)11-4-2-1-3-5-11/h1-9,14,18H. The molecule has 1 atom stereocenters. The lowest BCUT2D eigenvalue weighted by Crippen LogP contribution is -1.96. The van der Waals surface area contributed by atoms with E-state index in [1.54, 1.807) is 16.9 Å². The van der Waals surface area contributed by atoms with E-state index in [1.165, 1.54) is 11.3 Å². The Morgan fingerprint density at radius 2 is 1.95 bits per heavy atom. The number of aromatic nitrogens is 2. The van der Waals surface area contributed by atoms with Gasteiger partial charge in [0.2, 0.25) is 0 Å². The molecule has 1 aromatic carbocycles. The lowest BCUT2D eigenvalue weighted by atomic mass is 10.2. The van der Waals surface area contributed by atoms with Crippen LogP contribution in [0.3, 0.4) is 0 Å². The number of thiophene rings is 1. The van der Waals surface area contributed by atoms with Crippen LogP contribution in [0.1, 0.15) is 16.5 Å². The third kappa shape index (κ3) is 2.56. The van der Waals surface area contributed by atoms with Gasteiger partial charge in [0.05, 0.1) is 16.2 Å². The van der Waals surface area contributed by atoms with E-state index >= 15 is 0 Å². The zero-order valence-electron chi connectivity index (χ0n) is 9.90. The van der Waals surface area contributed by atoms with Crippen LogP contribution in [0.5, 0.6) is 0 Å². The van der Waals surface area contributed by atoms with Gasteiger partial charge in [-0.1, -0.05) is 29.8 Å². The molecule has 3 nitrogen and oxygen atoms in total. The molecule has 0 bridgehead atoms. The monoisotopic (exact) mass is 290 g/mol. The summed E-state index contributed by atoms with van der Waals surface area (Å²) in [4.78, 5) is 0.817. The number of para-hydroxylation sites is 1. The lowest BCUT2D eigenvalue weighted by molar-refractivity contribution is 0.224. The predicted molar refractivity (Wildman–Crippen MR) is 77.0 cm³/mol. The van der Waals surface area contributed by atoms with Crippen molar-refractivity contribution in [3.8, 4) is 5.69 Å². The van der Waals surface area contributed by atoms with E-state index in [0.29, 0.717) is 4.34 Å². The normalized spacial score (nSPS) is 12.5. The quantitative estimate of drug-likeness (QED) is 0.799. The first-order chi connectivity index (χ1) is 9.24. The van der Waals surface area contributed by atoms with Crippen LogP contribution < -0.4 is 0 Å². The van der Waals surface area contributed by atoms with Gasteiger partial charge in [-0.25, -0.2) is 4.68 Å². The third-order valence-electron chi connectivity index (χ3n) is 2.80. The Balaban J connectivity index is 1.89. The SMILES string of the molecule is OC(c1cnn(-c2ccccc2)c1)c1ccc(Cl)s1. The van der Waals surface area contributed by atoms with Crippen molar-refractivity contribution in [3.63, 3.8) is 0 Å². The summed E-state index contributed by atoms with van der Waals surface area (Å²) in [6, 6.07) is 13.4. The van der Waals surface area contributed by atoms with Gasteiger partial charge in [-0.3, -0.25) is 0 Å². The van der Waals surface area contributed by atoms with Crippen molar-refractivity contribution in [1.82, 2.24) is 9.78 Å². The summed E-state index contributed by atoms with van der Waals surface area (Å²) >= 11 is 7.25. The van der Waals surface area contributed by atoms with Crippen molar-refractivity contribution in [2.24, 2.45) is 0 Å². The van der Waals surface area contributed by atoms with Gasteiger partial charge in [-0.2, -0.15) is 5.10 Å². The topological polar surface area (TPSA) is 38.1 Å². The zero-order chi connectivity index (χ0) is 13.2. The zero-order valence-corrected chi connectivity index (χ0v) is 11.5. The Morgan fingerprint density at radius 3 is 2.63 bits per heavy atom. The number of rotatable bonds is 3. The summed E-state index contributed by atoms with van der Waals surface area (Å²) in [6.07, 6.45) is 2.81. The minimum absolute atomic E-state index is 0.671. The Hall–Kier alpha value is -1.62. The number of benzene rings is 1. The van der Waals surface area contributed by atoms with E-state index in [9.17, 15) is 5.11 Å². The fraction of sp³-hybridized carbons (Fsp3) is 0.0714. The molecular weight excluding hydrogens is 280 g/mol. The van der Waals surface area contributed by atoms with E-state index < -0.39 is 6.10 Å². The highest BCUT2D eigenvalue weighted by Gasteiger charge is 2.15. The molecule has 3 aromatic rings. The van der Waals surface area contributed by atoms with E-state index in [2.05, 4.69) is 5.10 Å². The summed E-state index contributed by atoms with van der Waals surface area (Å²) in [7, 11) is 0. The molecule has 3 rings (SSSR count). The van der Waals surface area contributed by atoms with Crippen molar-refractivity contribution in [3.05, 3.63) is 69.6 Å². The van der Waals surface area contributed by atoms with E-state index in [0.717, 1.165) is 16.1 Å². The molecule has 0 fully saturated rings. The van der Waals surface area contributed by atoms with Crippen LogP contribution in [0.2, 0.25) is 4.34 Å². The molecule has 0 saturated heterocycles. The molecule has 0 spiro atoms. The van der Waals surface area contributed by atoms with Crippen LogP contribution in [-0.2, 0) is 0 Å². The van der Waals surface area contributed by atoms with Crippen LogP contribution in [-0.4, -0.2) is 14.9 Å². The maximum absolute atomic E-state index is 10.3. The average molecular weight is 291 g/mol. The molecule has 96 valence electrons. The minimum atomic E-state index is -0.685.